The van der Waals surface area contributed by atoms with Crippen LogP contribution in [0.1, 0.15) is 23.2 Å². The molecule has 1 fully saturated rings. The van der Waals surface area contributed by atoms with Gasteiger partial charge >= 0.3 is 0 Å². The van der Waals surface area contributed by atoms with Crippen LogP contribution in [0.2, 0.25) is 5.02 Å². The van der Waals surface area contributed by atoms with Gasteiger partial charge in [-0.15, -0.1) is 12.4 Å². The van der Waals surface area contributed by atoms with Crippen LogP contribution in [0.15, 0.2) is 18.2 Å². The van der Waals surface area contributed by atoms with Crippen LogP contribution in [0, 0.1) is 5.92 Å². The molecule has 1 atom stereocenters. The van der Waals surface area contributed by atoms with Crippen molar-refractivity contribution in [3.63, 3.8) is 0 Å². The van der Waals surface area contributed by atoms with Gasteiger partial charge in [0.15, 0.2) is 0 Å². The molecule has 1 aromatic rings. The second-order valence-corrected chi connectivity index (χ2v) is 5.43. The van der Waals surface area contributed by atoms with Crippen molar-refractivity contribution in [3.05, 3.63) is 28.8 Å². The smallest absolute Gasteiger partial charge is 0.250 e. The average molecular weight is 348 g/mol. The summed E-state index contributed by atoms with van der Waals surface area (Å²) >= 11 is 5.86. The Morgan fingerprint density at radius 1 is 1.32 bits per heavy atom. The van der Waals surface area contributed by atoms with E-state index in [1.165, 1.54) is 12.1 Å². The maximum atomic E-state index is 12.2. The first kappa shape index (κ1) is 18.7. The lowest BCUT2D eigenvalue weighted by Crippen LogP contribution is -2.44. The van der Waals surface area contributed by atoms with Crippen molar-refractivity contribution in [2.24, 2.45) is 17.4 Å². The van der Waals surface area contributed by atoms with Crippen LogP contribution < -0.4 is 16.8 Å². The highest BCUT2D eigenvalue weighted by Gasteiger charge is 2.26. The zero-order valence-corrected chi connectivity index (χ0v) is 13.5. The van der Waals surface area contributed by atoms with E-state index in [1.54, 1.807) is 6.07 Å². The maximum absolute atomic E-state index is 12.2. The number of hydrogen-bond acceptors (Lipinski definition) is 4. The minimum absolute atomic E-state index is 0. The van der Waals surface area contributed by atoms with Crippen molar-refractivity contribution in [2.45, 2.75) is 18.9 Å². The van der Waals surface area contributed by atoms with Crippen molar-refractivity contribution in [3.8, 4) is 0 Å². The number of rotatable bonds is 4. The molecule has 1 saturated heterocycles. The number of carbonyl (C=O) groups is 2. The normalized spacial score (nSPS) is 16.5. The lowest BCUT2D eigenvalue weighted by Gasteiger charge is -2.26. The molecule has 0 saturated carbocycles. The summed E-state index contributed by atoms with van der Waals surface area (Å²) < 4.78 is 5.25. The van der Waals surface area contributed by atoms with E-state index in [1.807, 2.05) is 0 Å². The van der Waals surface area contributed by atoms with Gasteiger partial charge < -0.3 is 21.5 Å². The number of amides is 2. The standard InChI is InChI=1S/C14H18ClN3O3.ClH/c15-11-2-1-9(7-10(11)13(17)19)18-14(20)12(16)8-3-5-21-6-4-8;/h1-2,7-8,12H,3-6,16H2,(H2,17,19)(H,18,20);1H. The molecule has 6 nitrogen and oxygen atoms in total. The first-order chi connectivity index (χ1) is 9.99. The fourth-order valence-electron chi connectivity index (χ4n) is 2.31. The number of benzene rings is 1. The number of ether oxygens (including phenoxy) is 1. The van der Waals surface area contributed by atoms with Gasteiger partial charge in [-0.05, 0) is 37.0 Å². The number of carbonyl (C=O) groups excluding carboxylic acids is 2. The zero-order valence-electron chi connectivity index (χ0n) is 11.9. The number of anilines is 1. The van der Waals surface area contributed by atoms with E-state index in [0.29, 0.717) is 18.9 Å². The van der Waals surface area contributed by atoms with E-state index in [4.69, 9.17) is 27.8 Å². The third-order valence-electron chi connectivity index (χ3n) is 3.58. The third-order valence-corrected chi connectivity index (χ3v) is 3.91. The average Bonchev–Trinajstić information content (AvgIpc) is 2.49. The molecule has 2 rings (SSSR count). The van der Waals surface area contributed by atoms with Crippen LogP contribution in [0.3, 0.4) is 0 Å². The number of hydrogen-bond donors (Lipinski definition) is 3. The van der Waals surface area contributed by atoms with E-state index in [0.717, 1.165) is 12.8 Å². The van der Waals surface area contributed by atoms with Crippen molar-refractivity contribution < 1.29 is 14.3 Å². The van der Waals surface area contributed by atoms with E-state index in [2.05, 4.69) is 5.32 Å². The molecule has 8 heteroatoms. The number of primary amides is 1. The van der Waals surface area contributed by atoms with E-state index >= 15 is 0 Å². The topological polar surface area (TPSA) is 107 Å². The molecule has 0 radical (unpaired) electrons. The summed E-state index contributed by atoms with van der Waals surface area (Å²) in [5.41, 5.74) is 11.8. The van der Waals surface area contributed by atoms with Gasteiger partial charge in [0.25, 0.3) is 0 Å². The molecule has 1 aliphatic rings. The highest BCUT2D eigenvalue weighted by atomic mass is 35.5. The SMILES string of the molecule is Cl.NC(=O)c1cc(NC(=O)C(N)C2CCOCC2)ccc1Cl. The summed E-state index contributed by atoms with van der Waals surface area (Å²) in [7, 11) is 0. The van der Waals surface area contributed by atoms with Gasteiger partial charge in [0, 0.05) is 18.9 Å². The molecule has 1 aromatic carbocycles. The molecule has 122 valence electrons. The highest BCUT2D eigenvalue weighted by Crippen LogP contribution is 2.22. The quantitative estimate of drug-likeness (QED) is 0.767. The Balaban J connectivity index is 0.00000242. The van der Waals surface area contributed by atoms with Crippen LogP contribution in [0.25, 0.3) is 0 Å². The third kappa shape index (κ3) is 4.58. The highest BCUT2D eigenvalue weighted by molar-refractivity contribution is 6.34. The first-order valence-electron chi connectivity index (χ1n) is 6.72. The summed E-state index contributed by atoms with van der Waals surface area (Å²) in [5, 5.41) is 2.93. The summed E-state index contributed by atoms with van der Waals surface area (Å²) in [5.74, 6) is -0.842. The molecule has 1 unspecified atom stereocenters. The minimum atomic E-state index is -0.648. The first-order valence-corrected chi connectivity index (χ1v) is 7.10. The van der Waals surface area contributed by atoms with Crippen LogP contribution in [0.4, 0.5) is 5.69 Å². The Kier molecular flexibility index (Phi) is 7.09. The fraction of sp³-hybridized carbons (Fsp3) is 0.429. The van der Waals surface area contributed by atoms with E-state index in [-0.39, 0.29) is 34.8 Å². The monoisotopic (exact) mass is 347 g/mol. The predicted octanol–water partition coefficient (Wildman–Crippen LogP) is 1.55. The van der Waals surface area contributed by atoms with E-state index < -0.39 is 11.9 Å². The number of nitrogens with one attached hydrogen (secondary N) is 1. The Morgan fingerprint density at radius 2 is 1.95 bits per heavy atom. The minimum Gasteiger partial charge on any atom is -0.381 e. The fourth-order valence-corrected chi connectivity index (χ4v) is 2.52. The molecule has 0 spiro atoms. The Bertz CT molecular complexity index is 548. The summed E-state index contributed by atoms with van der Waals surface area (Å²) in [4.78, 5) is 23.4. The lowest BCUT2D eigenvalue weighted by molar-refractivity contribution is -0.119. The van der Waals surface area contributed by atoms with Gasteiger partial charge in [-0.2, -0.15) is 0 Å². The van der Waals surface area contributed by atoms with Gasteiger partial charge in [-0.25, -0.2) is 0 Å². The van der Waals surface area contributed by atoms with Crippen LogP contribution in [0.5, 0.6) is 0 Å². The van der Waals surface area contributed by atoms with E-state index in [9.17, 15) is 9.59 Å². The van der Waals surface area contributed by atoms with Crippen LogP contribution in [-0.4, -0.2) is 31.1 Å². The lowest BCUT2D eigenvalue weighted by atomic mass is 9.92. The Hall–Kier alpha value is -1.34. The van der Waals surface area contributed by atoms with Crippen molar-refractivity contribution in [2.75, 3.05) is 18.5 Å². The predicted molar refractivity (Wildman–Crippen MR) is 87.4 cm³/mol. The molecule has 1 aliphatic heterocycles. The van der Waals surface area contributed by atoms with Gasteiger partial charge in [-0.1, -0.05) is 11.6 Å². The second kappa shape index (κ2) is 8.33. The molecule has 0 aromatic heterocycles. The van der Waals surface area contributed by atoms with Crippen molar-refractivity contribution in [1.29, 1.82) is 0 Å². The maximum Gasteiger partial charge on any atom is 0.250 e. The number of halogens is 2. The molecular formula is C14H19Cl2N3O3. The van der Waals surface area contributed by atoms with Crippen LogP contribution >= 0.6 is 24.0 Å². The van der Waals surface area contributed by atoms with Gasteiger partial charge in [0.1, 0.15) is 0 Å². The summed E-state index contributed by atoms with van der Waals surface area (Å²) in [6.45, 7) is 1.25. The molecular weight excluding hydrogens is 329 g/mol. The van der Waals surface area contributed by atoms with Gasteiger partial charge in [-0.3, -0.25) is 9.59 Å². The molecule has 1 heterocycles. The molecule has 2 amide bonds. The Morgan fingerprint density at radius 3 is 2.55 bits per heavy atom. The van der Waals surface area contributed by atoms with Gasteiger partial charge in [0.2, 0.25) is 11.8 Å². The van der Waals surface area contributed by atoms with Gasteiger partial charge in [0.05, 0.1) is 16.6 Å². The molecule has 5 N–H and O–H groups in total. The molecule has 0 aliphatic carbocycles. The van der Waals surface area contributed by atoms with Crippen LogP contribution in [-0.2, 0) is 9.53 Å². The number of nitrogens with two attached hydrogens (primary N) is 2. The zero-order chi connectivity index (χ0) is 15.4. The summed E-state index contributed by atoms with van der Waals surface area (Å²) in [6.07, 6.45) is 1.53. The summed E-state index contributed by atoms with van der Waals surface area (Å²) in [6, 6.07) is 3.95. The molecule has 22 heavy (non-hydrogen) atoms. The Labute approximate surface area is 139 Å². The second-order valence-electron chi connectivity index (χ2n) is 5.02. The molecule has 0 bridgehead atoms. The van der Waals surface area contributed by atoms with Crippen molar-refractivity contribution in [1.82, 2.24) is 0 Å². The van der Waals surface area contributed by atoms with Crippen molar-refractivity contribution >= 4 is 41.5 Å². The largest absolute Gasteiger partial charge is 0.381 e.